The lowest BCUT2D eigenvalue weighted by Crippen LogP contribution is -2.68. The van der Waals surface area contributed by atoms with Crippen LogP contribution in [0.1, 0.15) is 106 Å². The minimum atomic E-state index is -4.94. The van der Waals surface area contributed by atoms with Gasteiger partial charge in [-0.3, -0.25) is 0 Å². The van der Waals surface area contributed by atoms with Crippen LogP contribution in [0.4, 0.5) is 0 Å². The molecular formula is C36H49ClO7. The Morgan fingerprint density at radius 1 is 0.705 bits per heavy atom. The van der Waals surface area contributed by atoms with Crippen LogP contribution in [-0.4, -0.2) is 7.11 Å². The molecule has 242 valence electrons. The molecular weight excluding hydrogens is 580 g/mol. The van der Waals surface area contributed by atoms with E-state index in [0.29, 0.717) is 0 Å². The number of hydrogen-bond acceptors (Lipinski definition) is 6. The summed E-state index contributed by atoms with van der Waals surface area (Å²) in [5, 5.41) is 0. The van der Waals surface area contributed by atoms with E-state index in [0.717, 1.165) is 51.1 Å². The lowest BCUT2D eigenvalue weighted by atomic mass is 9.86. The molecule has 0 aliphatic carbocycles. The van der Waals surface area contributed by atoms with Gasteiger partial charge in [-0.25, -0.2) is 23.1 Å². The van der Waals surface area contributed by atoms with Gasteiger partial charge in [-0.05, 0) is 100 Å². The maximum atomic E-state index is 8.49. The molecule has 44 heavy (non-hydrogen) atoms. The first-order valence-corrected chi connectivity index (χ1v) is 15.8. The standard InChI is InChI=1S/C36H49O3.ClHO4/c1-33(2,3)29-20-24(21-30(38-29)34(4,5)6)18-27(26-14-16-28(37-13)17-15-26)19-25-22-31(35(7,8)9)39-32(23-25)36(10,11)12;2-1(3,4)5/h14-23H,1-13H3;(H,2,3,4,5)/q+1;/p-1. The molecule has 1 aromatic carbocycles. The molecule has 2 heterocycles. The van der Waals surface area contributed by atoms with E-state index in [1.165, 1.54) is 0 Å². The second-order valence-electron chi connectivity index (χ2n) is 15.1. The predicted octanol–water partition coefficient (Wildman–Crippen LogP) is 5.77. The average molecular weight is 629 g/mol. The third-order valence-electron chi connectivity index (χ3n) is 6.66. The quantitative estimate of drug-likeness (QED) is 0.394. The van der Waals surface area contributed by atoms with Crippen LogP contribution in [-0.2, 0) is 15.6 Å². The number of rotatable bonds is 4. The van der Waals surface area contributed by atoms with Crippen molar-refractivity contribution in [3.8, 4) is 5.75 Å². The first-order chi connectivity index (χ1) is 19.8. The van der Waals surface area contributed by atoms with Crippen molar-refractivity contribution in [2.75, 3.05) is 7.11 Å². The second kappa shape index (κ2) is 13.6. The van der Waals surface area contributed by atoms with Crippen LogP contribution in [0.5, 0.6) is 5.75 Å². The maximum absolute atomic E-state index is 8.49. The Morgan fingerprint density at radius 3 is 1.45 bits per heavy atom. The van der Waals surface area contributed by atoms with E-state index in [1.54, 1.807) is 7.11 Å². The molecule has 0 N–H and O–H groups in total. The van der Waals surface area contributed by atoms with Crippen LogP contribution in [0.15, 0.2) is 76.1 Å². The smallest absolute Gasteiger partial charge is 0.335 e. The molecule has 0 saturated heterocycles. The second-order valence-corrected chi connectivity index (χ2v) is 15.8. The van der Waals surface area contributed by atoms with E-state index in [1.807, 2.05) is 12.1 Å². The topological polar surface area (TPSA) is 122 Å². The Balaban J connectivity index is 0.00000125. The van der Waals surface area contributed by atoms with Crippen molar-refractivity contribution in [1.82, 2.24) is 0 Å². The Labute approximate surface area is 266 Å². The van der Waals surface area contributed by atoms with E-state index in [9.17, 15) is 0 Å². The molecule has 1 aliphatic rings. The SMILES string of the molecule is COc1ccc(/C(C=C2C=C(C(C)(C)C)OC(C(C)(C)C)=C2)=C\c2cc(C(C)(C)C)[o+]c(C(C)(C)C)c2)cc1.[O-][Cl+3]([O-])([O-])[O-]. The zero-order valence-corrected chi connectivity index (χ0v) is 29.3. The van der Waals surface area contributed by atoms with Crippen LogP contribution in [0.2, 0.25) is 0 Å². The fourth-order valence-electron chi connectivity index (χ4n) is 4.04. The fourth-order valence-corrected chi connectivity index (χ4v) is 4.04. The summed E-state index contributed by atoms with van der Waals surface area (Å²) in [5.74, 6) is 4.72. The van der Waals surface area contributed by atoms with Crippen molar-refractivity contribution in [1.29, 1.82) is 0 Å². The van der Waals surface area contributed by atoms with Crippen LogP contribution < -0.4 is 23.4 Å². The number of halogens is 1. The summed E-state index contributed by atoms with van der Waals surface area (Å²) in [7, 11) is -3.25. The fraction of sp³-hybridized carbons (Fsp3) is 0.472. The van der Waals surface area contributed by atoms with E-state index in [2.05, 4.69) is 132 Å². The van der Waals surface area contributed by atoms with Crippen molar-refractivity contribution in [2.24, 2.45) is 10.8 Å². The third-order valence-corrected chi connectivity index (χ3v) is 6.66. The molecule has 1 aliphatic heterocycles. The van der Waals surface area contributed by atoms with Crippen LogP contribution >= 0.6 is 0 Å². The van der Waals surface area contributed by atoms with Gasteiger partial charge in [0.25, 0.3) is 0 Å². The summed E-state index contributed by atoms with van der Waals surface area (Å²) in [4.78, 5) is 0. The molecule has 2 aromatic rings. The summed E-state index contributed by atoms with van der Waals surface area (Å²) in [6, 6.07) is 12.6. The predicted molar refractivity (Wildman–Crippen MR) is 166 cm³/mol. The summed E-state index contributed by atoms with van der Waals surface area (Å²) < 4.78 is 52.3. The van der Waals surface area contributed by atoms with Gasteiger partial charge in [0, 0.05) is 23.0 Å². The first-order valence-electron chi connectivity index (χ1n) is 14.6. The molecule has 0 atom stereocenters. The number of methoxy groups -OCH3 is 1. The zero-order chi connectivity index (χ0) is 33.9. The van der Waals surface area contributed by atoms with Crippen LogP contribution in [0, 0.1) is 21.1 Å². The van der Waals surface area contributed by atoms with Crippen LogP contribution in [0.3, 0.4) is 0 Å². The van der Waals surface area contributed by atoms with Gasteiger partial charge < -0.3 is 9.47 Å². The van der Waals surface area contributed by atoms with Gasteiger partial charge in [-0.1, -0.05) is 53.7 Å². The molecule has 8 heteroatoms. The minimum absolute atomic E-state index is 0.113. The van der Waals surface area contributed by atoms with Gasteiger partial charge in [0.1, 0.15) is 17.3 Å². The van der Waals surface area contributed by atoms with Gasteiger partial charge in [0.15, 0.2) is 0 Å². The van der Waals surface area contributed by atoms with Gasteiger partial charge in [-0.15, -0.1) is 10.2 Å². The van der Waals surface area contributed by atoms with Gasteiger partial charge in [-0.2, -0.15) is 0 Å². The lowest BCUT2D eigenvalue weighted by molar-refractivity contribution is -2.00. The molecule has 0 radical (unpaired) electrons. The van der Waals surface area contributed by atoms with Crippen molar-refractivity contribution >= 4 is 11.6 Å². The normalized spacial score (nSPS) is 15.0. The summed E-state index contributed by atoms with van der Waals surface area (Å²) >= 11 is 0. The third kappa shape index (κ3) is 11.9. The zero-order valence-electron chi connectivity index (χ0n) is 28.5. The van der Waals surface area contributed by atoms with Crippen molar-refractivity contribution in [3.63, 3.8) is 0 Å². The van der Waals surface area contributed by atoms with E-state index < -0.39 is 10.2 Å². The summed E-state index contributed by atoms with van der Waals surface area (Å²) in [5.41, 5.74) is 4.00. The average Bonchev–Trinajstić information content (AvgIpc) is 2.85. The molecule has 0 amide bonds. The number of allylic oxidation sites excluding steroid dienone is 7. The highest BCUT2D eigenvalue weighted by atomic mass is 35.7. The Kier molecular flexibility index (Phi) is 11.5. The number of hydrogen-bond donors (Lipinski definition) is 0. The van der Waals surface area contributed by atoms with Gasteiger partial charge >= 0.3 is 11.5 Å². The Hall–Kier alpha value is -2.94. The van der Waals surface area contributed by atoms with Crippen molar-refractivity contribution in [2.45, 2.75) is 93.9 Å². The molecule has 0 saturated carbocycles. The molecule has 0 spiro atoms. The van der Waals surface area contributed by atoms with E-state index in [4.69, 9.17) is 32.5 Å². The molecule has 0 fully saturated rings. The highest BCUT2D eigenvalue weighted by Crippen LogP contribution is 2.40. The van der Waals surface area contributed by atoms with Crippen molar-refractivity contribution in [3.05, 3.63) is 94.4 Å². The first kappa shape index (κ1) is 37.2. The monoisotopic (exact) mass is 628 g/mol. The Bertz CT molecular complexity index is 1340. The number of benzene rings is 1. The lowest BCUT2D eigenvalue weighted by Gasteiger charge is -2.32. The van der Waals surface area contributed by atoms with Gasteiger partial charge in [0.05, 0.1) is 17.9 Å². The molecule has 0 bridgehead atoms. The highest BCUT2D eigenvalue weighted by molar-refractivity contribution is 5.89. The van der Waals surface area contributed by atoms with Gasteiger partial charge in [0.2, 0.25) is 0 Å². The van der Waals surface area contributed by atoms with Crippen LogP contribution in [0.25, 0.3) is 11.6 Å². The maximum Gasteiger partial charge on any atom is 0.335 e. The summed E-state index contributed by atoms with van der Waals surface area (Å²) in [6.45, 7) is 26.3. The molecule has 0 unspecified atom stereocenters. The summed E-state index contributed by atoms with van der Waals surface area (Å²) in [6.07, 6.45) is 8.88. The molecule has 7 nitrogen and oxygen atoms in total. The number of ether oxygens (including phenoxy) is 2. The highest BCUT2D eigenvalue weighted by Gasteiger charge is 2.34. The minimum Gasteiger partial charge on any atom is -0.497 e. The van der Waals surface area contributed by atoms with Crippen molar-refractivity contribution < 1.29 is 42.8 Å². The molecule has 3 rings (SSSR count). The Morgan fingerprint density at radius 2 is 1.11 bits per heavy atom. The molecule has 1 aromatic heterocycles. The largest absolute Gasteiger partial charge is 0.497 e. The van der Waals surface area contributed by atoms with E-state index >= 15 is 0 Å². The van der Waals surface area contributed by atoms with E-state index in [-0.39, 0.29) is 21.7 Å².